The number of carboxylic acid groups (broad SMARTS) is 2. The summed E-state index contributed by atoms with van der Waals surface area (Å²) in [4.78, 5) is 42.0. The average Bonchev–Trinajstić information content (AvgIpc) is 3.14. The predicted octanol–water partition coefficient (Wildman–Crippen LogP) is 2.15. The van der Waals surface area contributed by atoms with Gasteiger partial charge in [-0.2, -0.15) is 0 Å². The molecule has 1 aromatic heterocycles. The molecule has 8 heteroatoms. The van der Waals surface area contributed by atoms with Gasteiger partial charge in [0.2, 0.25) is 5.41 Å². The number of aromatic nitrogens is 1. The van der Waals surface area contributed by atoms with Crippen molar-refractivity contribution < 1.29 is 29.7 Å². The maximum absolute atomic E-state index is 13.6. The van der Waals surface area contributed by atoms with Gasteiger partial charge < -0.3 is 15.3 Å². The van der Waals surface area contributed by atoms with Crippen LogP contribution < -0.4 is 0 Å². The molecule has 0 fully saturated rings. The number of thiazole rings is 1. The third-order valence-corrected chi connectivity index (χ3v) is 5.76. The van der Waals surface area contributed by atoms with Crippen LogP contribution in [0, 0.1) is 5.92 Å². The van der Waals surface area contributed by atoms with Crippen LogP contribution in [0.5, 0.6) is 0 Å². The predicted molar refractivity (Wildman–Crippen MR) is 92.1 cm³/mol. The Bertz CT molecular complexity index is 907. The van der Waals surface area contributed by atoms with E-state index in [1.807, 2.05) is 0 Å². The Morgan fingerprint density at radius 1 is 1.15 bits per heavy atom. The number of carboxylic acids is 2. The molecule has 0 amide bonds. The topological polar surface area (TPSA) is 125 Å². The molecule has 134 valence electrons. The third kappa shape index (κ3) is 2.12. The molecule has 3 atom stereocenters. The zero-order valence-corrected chi connectivity index (χ0v) is 14.4. The van der Waals surface area contributed by atoms with Crippen LogP contribution in [0.25, 0.3) is 0 Å². The Kier molecular flexibility index (Phi) is 4.15. The largest absolute Gasteiger partial charge is 0.512 e. The van der Waals surface area contributed by atoms with E-state index in [0.717, 1.165) is 17.4 Å². The third-order valence-electron chi connectivity index (χ3n) is 4.85. The molecule has 7 nitrogen and oxygen atoms in total. The highest BCUT2D eigenvalue weighted by Crippen LogP contribution is 2.49. The fourth-order valence-electron chi connectivity index (χ4n) is 3.46. The van der Waals surface area contributed by atoms with Gasteiger partial charge in [0.25, 0.3) is 0 Å². The molecule has 0 radical (unpaired) electrons. The van der Waals surface area contributed by atoms with Gasteiger partial charge in [-0.05, 0) is 11.6 Å². The lowest BCUT2D eigenvalue weighted by molar-refractivity contribution is -0.158. The van der Waals surface area contributed by atoms with Crippen molar-refractivity contribution in [3.63, 3.8) is 0 Å². The number of rotatable bonds is 4. The summed E-state index contributed by atoms with van der Waals surface area (Å²) < 4.78 is 0. The molecule has 1 heterocycles. The highest BCUT2D eigenvalue weighted by Gasteiger charge is 2.66. The van der Waals surface area contributed by atoms with Gasteiger partial charge >= 0.3 is 11.9 Å². The van der Waals surface area contributed by atoms with Gasteiger partial charge in [0.1, 0.15) is 5.01 Å². The number of nitrogens with zero attached hydrogens (tertiary/aromatic N) is 1. The summed E-state index contributed by atoms with van der Waals surface area (Å²) in [6, 6.07) is 7.64. The SMILES string of the molecule is CC1C(O)=CC(C(=O)O)(c2nccs2)C(=O)C1(C(=O)O)c1ccccc1. The second kappa shape index (κ2) is 6.06. The molecule has 0 saturated heterocycles. The molecule has 1 aromatic carbocycles. The van der Waals surface area contributed by atoms with E-state index in [2.05, 4.69) is 4.98 Å². The zero-order valence-electron chi connectivity index (χ0n) is 13.6. The first-order valence-corrected chi connectivity index (χ1v) is 8.56. The number of carbonyl (C=O) groups excluding carboxylic acids is 1. The summed E-state index contributed by atoms with van der Waals surface area (Å²) in [7, 11) is 0. The lowest BCUT2D eigenvalue weighted by atomic mass is 9.56. The molecular weight excluding hydrogens is 358 g/mol. The van der Waals surface area contributed by atoms with Crippen molar-refractivity contribution >= 4 is 29.1 Å². The number of aliphatic hydroxyl groups is 1. The Morgan fingerprint density at radius 3 is 2.31 bits per heavy atom. The molecule has 0 bridgehead atoms. The number of hydrogen-bond acceptors (Lipinski definition) is 6. The normalized spacial score (nSPS) is 28.4. The van der Waals surface area contributed by atoms with E-state index in [1.54, 1.807) is 18.2 Å². The van der Waals surface area contributed by atoms with Crippen LogP contribution in [0.2, 0.25) is 0 Å². The number of hydrogen-bond donors (Lipinski definition) is 3. The van der Waals surface area contributed by atoms with Gasteiger partial charge in [0.15, 0.2) is 11.2 Å². The standard InChI is InChI=1S/C18H15NO6S/c1-10-12(20)9-17(15(22)23,14-19-7-8-26-14)13(21)18(10,16(24)25)11-5-3-2-4-6-11/h2-10,20H,1H3,(H,22,23)(H,24,25). The minimum atomic E-state index is -2.38. The van der Waals surface area contributed by atoms with Gasteiger partial charge in [-0.3, -0.25) is 14.4 Å². The molecule has 26 heavy (non-hydrogen) atoms. The first-order valence-electron chi connectivity index (χ1n) is 7.68. The smallest absolute Gasteiger partial charge is 0.328 e. The van der Waals surface area contributed by atoms with Crippen LogP contribution >= 0.6 is 11.3 Å². The van der Waals surface area contributed by atoms with Crippen molar-refractivity contribution in [3.8, 4) is 0 Å². The molecule has 0 saturated carbocycles. The number of benzene rings is 1. The average molecular weight is 373 g/mol. The molecule has 0 aliphatic heterocycles. The van der Waals surface area contributed by atoms with Gasteiger partial charge in [0, 0.05) is 17.5 Å². The quantitative estimate of drug-likeness (QED) is 0.701. The number of ketones is 1. The highest BCUT2D eigenvalue weighted by molar-refractivity contribution is 7.10. The van der Waals surface area contributed by atoms with E-state index in [9.17, 15) is 29.7 Å². The minimum absolute atomic E-state index is 0.102. The van der Waals surface area contributed by atoms with Gasteiger partial charge in [-0.1, -0.05) is 37.3 Å². The Balaban J connectivity index is 2.41. The van der Waals surface area contributed by atoms with Crippen LogP contribution in [-0.2, 0) is 25.2 Å². The Morgan fingerprint density at radius 2 is 1.81 bits per heavy atom. The number of Topliss-reactive ketones (excluding diaryl/α,β-unsaturated/α-hetero) is 1. The van der Waals surface area contributed by atoms with Crippen molar-refractivity contribution in [2.24, 2.45) is 5.92 Å². The van der Waals surface area contributed by atoms with Crippen LogP contribution in [0.4, 0.5) is 0 Å². The maximum Gasteiger partial charge on any atom is 0.328 e. The lowest BCUT2D eigenvalue weighted by Crippen LogP contribution is -2.62. The fourth-order valence-corrected chi connectivity index (χ4v) is 4.25. The summed E-state index contributed by atoms with van der Waals surface area (Å²) in [6.45, 7) is 1.39. The van der Waals surface area contributed by atoms with E-state index in [1.165, 1.54) is 30.6 Å². The molecule has 3 rings (SSSR count). The summed E-state index contributed by atoms with van der Waals surface area (Å²) in [6.07, 6.45) is 2.23. The monoisotopic (exact) mass is 373 g/mol. The summed E-state index contributed by atoms with van der Waals surface area (Å²) in [5.41, 5.74) is -4.53. The van der Waals surface area contributed by atoms with E-state index >= 15 is 0 Å². The molecule has 1 aliphatic rings. The van der Waals surface area contributed by atoms with Crippen LogP contribution in [-0.4, -0.2) is 38.0 Å². The van der Waals surface area contributed by atoms with E-state index in [0.29, 0.717) is 0 Å². The summed E-state index contributed by atoms with van der Waals surface area (Å²) in [5, 5.41) is 31.8. The molecule has 3 N–H and O–H groups in total. The van der Waals surface area contributed by atoms with E-state index in [4.69, 9.17) is 0 Å². The van der Waals surface area contributed by atoms with Crippen molar-refractivity contribution in [1.82, 2.24) is 4.98 Å². The lowest BCUT2D eigenvalue weighted by Gasteiger charge is -2.42. The van der Waals surface area contributed by atoms with Crippen molar-refractivity contribution in [1.29, 1.82) is 0 Å². The fraction of sp³-hybridized carbons (Fsp3) is 0.222. The Labute approximate surface area is 152 Å². The van der Waals surface area contributed by atoms with Gasteiger partial charge in [-0.25, -0.2) is 4.98 Å². The zero-order chi connectivity index (χ0) is 19.1. The molecular formula is C18H15NO6S. The summed E-state index contributed by atoms with van der Waals surface area (Å²) in [5.74, 6) is -5.80. The minimum Gasteiger partial charge on any atom is -0.512 e. The maximum atomic E-state index is 13.6. The van der Waals surface area contributed by atoms with Gasteiger partial charge in [0.05, 0.1) is 5.76 Å². The van der Waals surface area contributed by atoms with Gasteiger partial charge in [-0.15, -0.1) is 11.3 Å². The Hall–Kier alpha value is -3.00. The number of aliphatic carboxylic acids is 2. The molecule has 0 spiro atoms. The molecule has 3 unspecified atom stereocenters. The molecule has 1 aliphatic carbocycles. The van der Waals surface area contributed by atoms with Crippen LogP contribution in [0.3, 0.4) is 0 Å². The van der Waals surface area contributed by atoms with E-state index < -0.39 is 40.2 Å². The van der Waals surface area contributed by atoms with Crippen LogP contribution in [0.15, 0.2) is 53.7 Å². The summed E-state index contributed by atoms with van der Waals surface area (Å²) >= 11 is 0.910. The number of aliphatic hydroxyl groups excluding tert-OH is 1. The van der Waals surface area contributed by atoms with E-state index in [-0.39, 0.29) is 10.6 Å². The second-order valence-electron chi connectivity index (χ2n) is 6.05. The molecule has 2 aromatic rings. The van der Waals surface area contributed by atoms with Crippen molar-refractivity contribution in [3.05, 3.63) is 64.3 Å². The second-order valence-corrected chi connectivity index (χ2v) is 6.94. The number of allylic oxidation sites excluding steroid dienone is 1. The van der Waals surface area contributed by atoms with Crippen LogP contribution in [0.1, 0.15) is 17.5 Å². The first-order chi connectivity index (χ1) is 12.3. The van der Waals surface area contributed by atoms with Crippen molar-refractivity contribution in [2.45, 2.75) is 17.8 Å². The highest BCUT2D eigenvalue weighted by atomic mass is 32.1. The first kappa shape index (κ1) is 17.8. The van der Waals surface area contributed by atoms with Crippen molar-refractivity contribution in [2.75, 3.05) is 0 Å². The number of carbonyl (C=O) groups is 3.